The molecule has 1 amide bonds. The van der Waals surface area contributed by atoms with Crippen molar-refractivity contribution in [1.29, 1.82) is 0 Å². The van der Waals surface area contributed by atoms with Crippen molar-refractivity contribution >= 4 is 27.7 Å². The Bertz CT molecular complexity index is 395. The number of halogens is 1. The molecule has 1 atom stereocenters. The number of aryl methyl sites for hydroxylation is 1. The number of carbonyl (C=O) groups is 1. The van der Waals surface area contributed by atoms with E-state index in [4.69, 9.17) is 0 Å². The monoisotopic (exact) mass is 299 g/mol. The Labute approximate surface area is 110 Å². The van der Waals surface area contributed by atoms with E-state index in [0.717, 1.165) is 16.6 Å². The molecule has 0 spiro atoms. The lowest BCUT2D eigenvalue weighted by Gasteiger charge is -2.12. The molecule has 0 bridgehead atoms. The van der Waals surface area contributed by atoms with Gasteiger partial charge in [0.05, 0.1) is 0 Å². The molecule has 0 aliphatic carbocycles. The number of aromatic nitrogens is 1. The first-order chi connectivity index (χ1) is 8.02. The Morgan fingerprint density at radius 1 is 1.59 bits per heavy atom. The number of hydrogen-bond donors (Lipinski definition) is 2. The predicted octanol–water partition coefficient (Wildman–Crippen LogP) is 2.48. The first-order valence-electron chi connectivity index (χ1n) is 5.68. The molecule has 2 N–H and O–H groups in total. The summed E-state index contributed by atoms with van der Waals surface area (Å²) >= 11 is 3.37. The maximum absolute atomic E-state index is 11.7. The maximum Gasteiger partial charge on any atom is 0.227 e. The van der Waals surface area contributed by atoms with Gasteiger partial charge in [0.15, 0.2) is 0 Å². The molecule has 0 saturated heterocycles. The second-order valence-electron chi connectivity index (χ2n) is 4.03. The number of anilines is 1. The largest absolute Gasteiger partial charge is 0.314 e. The lowest BCUT2D eigenvalue weighted by Crippen LogP contribution is -2.30. The summed E-state index contributed by atoms with van der Waals surface area (Å²) in [6.45, 7) is 6.84. The lowest BCUT2D eigenvalue weighted by molar-refractivity contribution is -0.116. The van der Waals surface area contributed by atoms with Gasteiger partial charge in [0.25, 0.3) is 0 Å². The molecule has 1 heterocycles. The van der Waals surface area contributed by atoms with Gasteiger partial charge in [0.1, 0.15) is 5.82 Å². The minimum atomic E-state index is -0.0207. The van der Waals surface area contributed by atoms with Crippen LogP contribution in [-0.2, 0) is 4.79 Å². The fraction of sp³-hybridized carbons (Fsp3) is 0.500. The summed E-state index contributed by atoms with van der Waals surface area (Å²) in [7, 11) is 0. The van der Waals surface area contributed by atoms with Crippen molar-refractivity contribution in [3.8, 4) is 0 Å². The average molecular weight is 300 g/mol. The van der Waals surface area contributed by atoms with Crippen LogP contribution in [0.1, 0.15) is 25.8 Å². The van der Waals surface area contributed by atoms with Crippen LogP contribution in [-0.4, -0.2) is 23.5 Å². The summed E-state index contributed by atoms with van der Waals surface area (Å²) in [6, 6.07) is 2.02. The molecule has 1 aromatic heterocycles. The molecule has 1 unspecified atom stereocenters. The molecule has 17 heavy (non-hydrogen) atoms. The van der Waals surface area contributed by atoms with Crippen molar-refractivity contribution in [3.63, 3.8) is 0 Å². The highest BCUT2D eigenvalue weighted by Gasteiger charge is 2.09. The number of carbonyl (C=O) groups excluding carboxylic acids is 1. The van der Waals surface area contributed by atoms with E-state index >= 15 is 0 Å². The van der Waals surface area contributed by atoms with Crippen LogP contribution in [0.15, 0.2) is 16.7 Å². The van der Waals surface area contributed by atoms with Crippen LogP contribution < -0.4 is 10.6 Å². The second kappa shape index (κ2) is 6.71. The van der Waals surface area contributed by atoms with Gasteiger partial charge in [-0.15, -0.1) is 0 Å². The number of amides is 1. The van der Waals surface area contributed by atoms with Crippen molar-refractivity contribution in [1.82, 2.24) is 10.3 Å². The van der Waals surface area contributed by atoms with Crippen LogP contribution in [0.5, 0.6) is 0 Å². The van der Waals surface area contributed by atoms with Crippen molar-refractivity contribution in [2.24, 2.45) is 0 Å². The summed E-state index contributed by atoms with van der Waals surface area (Å²) in [5.41, 5.74) is 1.05. The Morgan fingerprint density at radius 2 is 2.29 bits per heavy atom. The third kappa shape index (κ3) is 4.83. The van der Waals surface area contributed by atoms with Crippen molar-refractivity contribution < 1.29 is 4.79 Å². The fourth-order valence-corrected chi connectivity index (χ4v) is 1.72. The standard InChI is InChI=1S/C12H18BrN3O/c1-4-14-9(3)6-12(17)16-11-5-8(2)10(13)7-15-11/h5,7,9,14H,4,6H2,1-3H3,(H,15,16,17). The van der Waals surface area contributed by atoms with E-state index < -0.39 is 0 Å². The van der Waals surface area contributed by atoms with E-state index in [1.165, 1.54) is 0 Å². The van der Waals surface area contributed by atoms with Crippen molar-refractivity contribution in [2.45, 2.75) is 33.2 Å². The number of pyridine rings is 1. The van der Waals surface area contributed by atoms with Gasteiger partial charge in [-0.25, -0.2) is 4.98 Å². The summed E-state index contributed by atoms with van der Waals surface area (Å²) in [6.07, 6.45) is 2.14. The first kappa shape index (κ1) is 14.1. The van der Waals surface area contributed by atoms with Gasteiger partial charge >= 0.3 is 0 Å². The van der Waals surface area contributed by atoms with Crippen molar-refractivity contribution in [2.75, 3.05) is 11.9 Å². The highest BCUT2D eigenvalue weighted by molar-refractivity contribution is 9.10. The summed E-state index contributed by atoms with van der Waals surface area (Å²) in [5, 5.41) is 5.98. The van der Waals surface area contributed by atoms with E-state index in [1.807, 2.05) is 26.8 Å². The fourth-order valence-electron chi connectivity index (χ4n) is 1.50. The van der Waals surface area contributed by atoms with Crippen LogP contribution in [0, 0.1) is 6.92 Å². The van der Waals surface area contributed by atoms with Gasteiger partial charge in [-0.2, -0.15) is 0 Å². The lowest BCUT2D eigenvalue weighted by atomic mass is 10.2. The van der Waals surface area contributed by atoms with E-state index in [0.29, 0.717) is 12.2 Å². The Hall–Kier alpha value is -0.940. The Kier molecular flexibility index (Phi) is 5.58. The number of nitrogens with one attached hydrogen (secondary N) is 2. The van der Waals surface area contributed by atoms with Gasteiger partial charge in [-0.05, 0) is 48.0 Å². The topological polar surface area (TPSA) is 54.0 Å². The summed E-state index contributed by atoms with van der Waals surface area (Å²) in [5.74, 6) is 0.576. The van der Waals surface area contributed by atoms with Crippen LogP contribution in [0.25, 0.3) is 0 Å². The van der Waals surface area contributed by atoms with Crippen LogP contribution in [0.2, 0.25) is 0 Å². The molecular weight excluding hydrogens is 282 g/mol. The zero-order valence-corrected chi connectivity index (χ0v) is 12.0. The molecule has 1 aromatic rings. The zero-order chi connectivity index (χ0) is 12.8. The molecule has 1 rings (SSSR count). The smallest absolute Gasteiger partial charge is 0.227 e. The molecular formula is C12H18BrN3O. The van der Waals surface area contributed by atoms with Crippen LogP contribution >= 0.6 is 15.9 Å². The first-order valence-corrected chi connectivity index (χ1v) is 6.47. The predicted molar refractivity (Wildman–Crippen MR) is 73.1 cm³/mol. The molecule has 0 aliphatic heterocycles. The van der Waals surface area contributed by atoms with Crippen LogP contribution in [0.4, 0.5) is 5.82 Å². The normalized spacial score (nSPS) is 12.2. The highest BCUT2D eigenvalue weighted by atomic mass is 79.9. The average Bonchev–Trinajstić information content (AvgIpc) is 2.23. The third-order valence-corrected chi connectivity index (χ3v) is 3.19. The molecule has 0 fully saturated rings. The van der Waals surface area contributed by atoms with Gasteiger partial charge in [-0.3, -0.25) is 4.79 Å². The summed E-state index contributed by atoms with van der Waals surface area (Å²) in [4.78, 5) is 15.8. The molecule has 0 saturated carbocycles. The molecule has 94 valence electrons. The summed E-state index contributed by atoms with van der Waals surface area (Å²) < 4.78 is 0.941. The number of hydrogen-bond acceptors (Lipinski definition) is 3. The van der Waals surface area contributed by atoms with E-state index in [1.54, 1.807) is 6.20 Å². The SMILES string of the molecule is CCNC(C)CC(=O)Nc1cc(C)c(Br)cn1. The molecule has 4 nitrogen and oxygen atoms in total. The minimum Gasteiger partial charge on any atom is -0.314 e. The molecule has 0 aliphatic rings. The minimum absolute atomic E-state index is 0.0207. The van der Waals surface area contributed by atoms with Gasteiger partial charge in [0.2, 0.25) is 5.91 Å². The van der Waals surface area contributed by atoms with E-state index in [9.17, 15) is 4.79 Å². The Balaban J connectivity index is 2.53. The number of rotatable bonds is 5. The zero-order valence-electron chi connectivity index (χ0n) is 10.4. The quantitative estimate of drug-likeness (QED) is 0.878. The van der Waals surface area contributed by atoms with E-state index in [-0.39, 0.29) is 11.9 Å². The Morgan fingerprint density at radius 3 is 2.88 bits per heavy atom. The molecule has 0 aromatic carbocycles. The second-order valence-corrected chi connectivity index (χ2v) is 4.88. The number of nitrogens with zero attached hydrogens (tertiary/aromatic N) is 1. The van der Waals surface area contributed by atoms with Crippen LogP contribution in [0.3, 0.4) is 0 Å². The van der Waals surface area contributed by atoms with Gasteiger partial charge < -0.3 is 10.6 Å². The van der Waals surface area contributed by atoms with E-state index in [2.05, 4.69) is 31.5 Å². The molecule has 0 radical (unpaired) electrons. The maximum atomic E-state index is 11.7. The van der Waals surface area contributed by atoms with Gasteiger partial charge in [-0.1, -0.05) is 6.92 Å². The highest BCUT2D eigenvalue weighted by Crippen LogP contribution is 2.17. The van der Waals surface area contributed by atoms with Gasteiger partial charge in [0, 0.05) is 23.1 Å². The molecule has 5 heteroatoms. The van der Waals surface area contributed by atoms with Crippen molar-refractivity contribution in [3.05, 3.63) is 22.3 Å². The third-order valence-electron chi connectivity index (χ3n) is 2.36.